The maximum absolute atomic E-state index is 12.2. The summed E-state index contributed by atoms with van der Waals surface area (Å²) in [5.74, 6) is 0.121. The van der Waals surface area contributed by atoms with Gasteiger partial charge in [0.25, 0.3) is 5.91 Å². The number of nitrogens with one attached hydrogen (secondary N) is 3. The minimum atomic E-state index is 0.121. The van der Waals surface area contributed by atoms with Gasteiger partial charge in [0.2, 0.25) is 0 Å². The van der Waals surface area contributed by atoms with Gasteiger partial charge in [0.15, 0.2) is 6.54 Å². The molecule has 1 aromatic heterocycles. The van der Waals surface area contributed by atoms with Gasteiger partial charge in [0, 0.05) is 5.69 Å². The van der Waals surface area contributed by atoms with Gasteiger partial charge in [0.1, 0.15) is 32.7 Å². The number of carbonyl (C=O) groups is 1. The second-order valence-electron chi connectivity index (χ2n) is 6.53. The maximum Gasteiger partial charge on any atom is 0.279 e. The van der Waals surface area contributed by atoms with Crippen molar-refractivity contribution in [2.75, 3.05) is 38.0 Å². The molecule has 24 heavy (non-hydrogen) atoms. The average molecular weight is 346 g/mol. The fourth-order valence-corrected chi connectivity index (χ4v) is 4.00. The molecule has 3 N–H and O–H groups in total. The quantitative estimate of drug-likeness (QED) is 0.689. The van der Waals surface area contributed by atoms with Gasteiger partial charge in [-0.2, -0.15) is 0 Å². The number of aryl methyl sites for hydroxylation is 1. The Hall–Kier alpha value is -1.69. The highest BCUT2D eigenvalue weighted by Gasteiger charge is 2.25. The number of quaternary nitrogens is 2. The smallest absolute Gasteiger partial charge is 0.279 e. The molecule has 4 nitrogen and oxygen atoms in total. The van der Waals surface area contributed by atoms with Crippen LogP contribution in [0.5, 0.6) is 0 Å². The second kappa shape index (κ2) is 8.42. The van der Waals surface area contributed by atoms with E-state index in [-0.39, 0.29) is 5.91 Å². The minimum absolute atomic E-state index is 0.121. The van der Waals surface area contributed by atoms with Crippen molar-refractivity contribution in [1.82, 2.24) is 0 Å². The average Bonchev–Trinajstić information content (AvgIpc) is 3.10. The van der Waals surface area contributed by atoms with Crippen LogP contribution in [0.25, 0.3) is 0 Å². The summed E-state index contributed by atoms with van der Waals surface area (Å²) < 4.78 is 0. The van der Waals surface area contributed by atoms with Gasteiger partial charge in [-0.05, 0) is 35.6 Å². The van der Waals surface area contributed by atoms with Crippen molar-refractivity contribution >= 4 is 22.9 Å². The Morgan fingerprint density at radius 3 is 2.42 bits per heavy atom. The number of rotatable bonds is 6. The van der Waals surface area contributed by atoms with Crippen LogP contribution in [0.3, 0.4) is 0 Å². The van der Waals surface area contributed by atoms with E-state index >= 15 is 0 Å². The lowest BCUT2D eigenvalue weighted by molar-refractivity contribution is -1.01. The predicted octanol–water partition coefficient (Wildman–Crippen LogP) is 0.233. The zero-order valence-corrected chi connectivity index (χ0v) is 15.1. The molecule has 1 aromatic carbocycles. The summed E-state index contributed by atoms with van der Waals surface area (Å²) in [6, 6.07) is 12.5. The van der Waals surface area contributed by atoms with Crippen molar-refractivity contribution < 1.29 is 14.6 Å². The summed E-state index contributed by atoms with van der Waals surface area (Å²) >= 11 is 1.84. The number of hydrogen-bond donors (Lipinski definition) is 3. The SMILES string of the molecule is CCc1ccc(NC(=O)C[NH+]2CC[NH+](Cc3cccs3)CC2)cc1. The topological polar surface area (TPSA) is 38.0 Å². The van der Waals surface area contributed by atoms with Gasteiger partial charge in [0.05, 0.1) is 4.88 Å². The van der Waals surface area contributed by atoms with Crippen LogP contribution < -0.4 is 15.1 Å². The Morgan fingerprint density at radius 1 is 1.08 bits per heavy atom. The third kappa shape index (κ3) is 4.90. The van der Waals surface area contributed by atoms with Crippen molar-refractivity contribution in [3.63, 3.8) is 0 Å². The van der Waals surface area contributed by atoms with E-state index in [0.717, 1.165) is 44.8 Å². The third-order valence-corrected chi connectivity index (χ3v) is 5.60. The summed E-state index contributed by atoms with van der Waals surface area (Å²) in [6.07, 6.45) is 1.02. The Bertz CT molecular complexity index is 631. The first-order valence-corrected chi connectivity index (χ1v) is 9.69. The highest BCUT2D eigenvalue weighted by atomic mass is 32.1. The van der Waals surface area contributed by atoms with Crippen molar-refractivity contribution in [3.05, 3.63) is 52.2 Å². The molecular weight excluding hydrogens is 318 g/mol. The molecule has 1 amide bonds. The molecule has 5 heteroatoms. The van der Waals surface area contributed by atoms with Gasteiger partial charge in [-0.1, -0.05) is 25.1 Å². The number of carbonyl (C=O) groups excluding carboxylic acids is 1. The van der Waals surface area contributed by atoms with Crippen LogP contribution in [0.15, 0.2) is 41.8 Å². The normalized spacial score (nSPS) is 20.7. The van der Waals surface area contributed by atoms with Crippen LogP contribution in [0.4, 0.5) is 5.69 Å². The second-order valence-corrected chi connectivity index (χ2v) is 7.56. The van der Waals surface area contributed by atoms with Crippen molar-refractivity contribution in [2.45, 2.75) is 19.9 Å². The minimum Gasteiger partial charge on any atom is -0.321 e. The molecule has 0 aliphatic carbocycles. The highest BCUT2D eigenvalue weighted by molar-refractivity contribution is 7.09. The van der Waals surface area contributed by atoms with Crippen LogP contribution in [-0.2, 0) is 17.8 Å². The fourth-order valence-electron chi connectivity index (χ4n) is 3.23. The molecule has 2 aromatic rings. The Morgan fingerprint density at radius 2 is 1.79 bits per heavy atom. The maximum atomic E-state index is 12.2. The first-order chi connectivity index (χ1) is 11.7. The molecule has 1 saturated heterocycles. The molecule has 0 unspecified atom stereocenters. The van der Waals surface area contributed by atoms with Gasteiger partial charge in [-0.15, -0.1) is 11.3 Å². The largest absolute Gasteiger partial charge is 0.321 e. The lowest BCUT2D eigenvalue weighted by Crippen LogP contribution is -3.28. The molecule has 0 saturated carbocycles. The highest BCUT2D eigenvalue weighted by Crippen LogP contribution is 2.09. The Kier molecular flexibility index (Phi) is 6.01. The van der Waals surface area contributed by atoms with Crippen LogP contribution in [0.2, 0.25) is 0 Å². The van der Waals surface area contributed by atoms with E-state index in [0.29, 0.717) is 6.54 Å². The van der Waals surface area contributed by atoms with Crippen LogP contribution in [0, 0.1) is 0 Å². The van der Waals surface area contributed by atoms with Crippen molar-refractivity contribution in [2.24, 2.45) is 0 Å². The van der Waals surface area contributed by atoms with Gasteiger partial charge >= 0.3 is 0 Å². The molecule has 2 heterocycles. The molecule has 0 bridgehead atoms. The number of benzene rings is 1. The van der Waals surface area contributed by atoms with Crippen LogP contribution in [-0.4, -0.2) is 38.6 Å². The van der Waals surface area contributed by atoms with E-state index in [1.165, 1.54) is 15.3 Å². The zero-order valence-electron chi connectivity index (χ0n) is 14.3. The van der Waals surface area contributed by atoms with Crippen molar-refractivity contribution in [3.8, 4) is 0 Å². The Labute approximate surface area is 148 Å². The van der Waals surface area contributed by atoms with Gasteiger partial charge < -0.3 is 15.1 Å². The van der Waals surface area contributed by atoms with Gasteiger partial charge in [-0.25, -0.2) is 0 Å². The van der Waals surface area contributed by atoms with E-state index in [1.54, 1.807) is 4.90 Å². The third-order valence-electron chi connectivity index (χ3n) is 4.73. The molecule has 0 spiro atoms. The van der Waals surface area contributed by atoms with E-state index in [1.807, 2.05) is 23.5 Å². The molecule has 1 fully saturated rings. The van der Waals surface area contributed by atoms with Gasteiger partial charge in [-0.3, -0.25) is 4.79 Å². The standard InChI is InChI=1S/C19H25N3OS/c1-2-16-5-7-17(8-6-16)20-19(23)15-22-11-9-21(10-12-22)14-18-4-3-13-24-18/h3-8,13H,2,9-12,14-15H2,1H3,(H,20,23)/p+2. The Balaban J connectivity index is 1.41. The van der Waals surface area contributed by atoms with E-state index in [2.05, 4.69) is 41.9 Å². The first kappa shape index (κ1) is 17.1. The van der Waals surface area contributed by atoms with Crippen LogP contribution in [0.1, 0.15) is 17.4 Å². The molecule has 0 atom stereocenters. The predicted molar refractivity (Wildman–Crippen MR) is 98.7 cm³/mol. The fraction of sp³-hybridized carbons (Fsp3) is 0.421. The molecular formula is C19H27N3OS+2. The number of thiophene rings is 1. The lowest BCUT2D eigenvalue weighted by Gasteiger charge is -2.29. The number of piperazine rings is 1. The first-order valence-electron chi connectivity index (χ1n) is 8.81. The lowest BCUT2D eigenvalue weighted by atomic mass is 10.1. The van der Waals surface area contributed by atoms with E-state index < -0.39 is 0 Å². The molecule has 0 radical (unpaired) electrons. The monoisotopic (exact) mass is 345 g/mol. The molecule has 1 aliphatic heterocycles. The van der Waals surface area contributed by atoms with E-state index in [9.17, 15) is 4.79 Å². The summed E-state index contributed by atoms with van der Waals surface area (Å²) in [4.78, 5) is 16.7. The number of amides is 1. The summed E-state index contributed by atoms with van der Waals surface area (Å²) in [5.41, 5.74) is 2.20. The van der Waals surface area contributed by atoms with E-state index in [4.69, 9.17) is 0 Å². The van der Waals surface area contributed by atoms with Crippen molar-refractivity contribution in [1.29, 1.82) is 0 Å². The zero-order chi connectivity index (χ0) is 16.8. The number of anilines is 1. The number of hydrogen-bond acceptors (Lipinski definition) is 2. The molecule has 1 aliphatic rings. The summed E-state index contributed by atoms with van der Waals surface area (Å²) in [5, 5.41) is 5.17. The van der Waals surface area contributed by atoms with Crippen LogP contribution >= 0.6 is 11.3 Å². The molecule has 128 valence electrons. The molecule has 3 rings (SSSR count). The summed E-state index contributed by atoms with van der Waals surface area (Å²) in [6.45, 7) is 8.27. The summed E-state index contributed by atoms with van der Waals surface area (Å²) in [7, 11) is 0.